The molecular formula is C11H17N3O. The fourth-order valence-corrected chi connectivity index (χ4v) is 1.68. The Bertz CT molecular complexity index is 343. The summed E-state index contributed by atoms with van der Waals surface area (Å²) in [7, 11) is 0. The second kappa shape index (κ2) is 4.96. The molecule has 0 atom stereocenters. The number of hydrogen-bond acceptors (Lipinski definition) is 4. The van der Waals surface area contributed by atoms with Gasteiger partial charge < -0.3 is 9.73 Å². The van der Waals surface area contributed by atoms with Crippen LogP contribution in [-0.2, 0) is 6.54 Å². The molecule has 1 N–H and O–H groups in total. The minimum absolute atomic E-state index is 0.646. The topological polar surface area (TPSA) is 50.4 Å². The highest BCUT2D eigenvalue weighted by Crippen LogP contribution is 2.07. The van der Waals surface area contributed by atoms with Crippen molar-refractivity contribution in [2.45, 2.75) is 39.2 Å². The minimum Gasteiger partial charge on any atom is -0.444 e. The zero-order chi connectivity index (χ0) is 10.5. The molecule has 1 aromatic heterocycles. The number of oxazole rings is 1. The van der Waals surface area contributed by atoms with Gasteiger partial charge in [-0.05, 0) is 19.8 Å². The SMILES string of the molecule is Cc1cnc(CNC2=NCCCCC2)o1. The number of aromatic nitrogens is 1. The van der Waals surface area contributed by atoms with Crippen LogP contribution in [0, 0.1) is 6.92 Å². The molecule has 0 radical (unpaired) electrons. The molecule has 0 bridgehead atoms. The first-order chi connectivity index (χ1) is 7.34. The number of aryl methyl sites for hydroxylation is 1. The van der Waals surface area contributed by atoms with Crippen molar-refractivity contribution in [3.05, 3.63) is 17.8 Å². The number of nitrogens with zero attached hydrogens (tertiary/aromatic N) is 2. The molecule has 4 nitrogen and oxygen atoms in total. The van der Waals surface area contributed by atoms with Gasteiger partial charge in [-0.25, -0.2) is 4.98 Å². The van der Waals surface area contributed by atoms with Gasteiger partial charge in [-0.3, -0.25) is 4.99 Å². The zero-order valence-corrected chi connectivity index (χ0v) is 9.12. The van der Waals surface area contributed by atoms with E-state index in [2.05, 4.69) is 15.3 Å². The number of rotatable bonds is 2. The standard InChI is InChI=1S/C11H17N3O/c1-9-7-14-11(15-9)8-13-10-5-3-2-4-6-12-10/h7H,2-6,8H2,1H3,(H,12,13). The van der Waals surface area contributed by atoms with Crippen molar-refractivity contribution < 1.29 is 4.42 Å². The molecule has 0 saturated carbocycles. The van der Waals surface area contributed by atoms with E-state index in [1.807, 2.05) is 6.92 Å². The van der Waals surface area contributed by atoms with Crippen molar-refractivity contribution in [3.63, 3.8) is 0 Å². The maximum Gasteiger partial charge on any atom is 0.213 e. The Morgan fingerprint density at radius 1 is 1.40 bits per heavy atom. The molecule has 1 aliphatic heterocycles. The summed E-state index contributed by atoms with van der Waals surface area (Å²) in [4.78, 5) is 8.62. The molecule has 2 heterocycles. The van der Waals surface area contributed by atoms with E-state index < -0.39 is 0 Å². The van der Waals surface area contributed by atoms with Gasteiger partial charge in [-0.15, -0.1) is 0 Å². The van der Waals surface area contributed by atoms with E-state index >= 15 is 0 Å². The molecule has 0 saturated heterocycles. The van der Waals surface area contributed by atoms with Gasteiger partial charge in [0.1, 0.15) is 5.76 Å². The lowest BCUT2D eigenvalue weighted by Crippen LogP contribution is -2.22. The summed E-state index contributed by atoms with van der Waals surface area (Å²) in [6.07, 6.45) is 6.53. The van der Waals surface area contributed by atoms with Gasteiger partial charge in [0.05, 0.1) is 18.6 Å². The molecule has 0 fully saturated rings. The maximum absolute atomic E-state index is 5.38. The van der Waals surface area contributed by atoms with Crippen molar-refractivity contribution in [1.29, 1.82) is 0 Å². The summed E-state index contributed by atoms with van der Waals surface area (Å²) in [6.45, 7) is 3.50. The van der Waals surface area contributed by atoms with Crippen LogP contribution in [0.1, 0.15) is 37.3 Å². The molecule has 2 rings (SSSR count). The maximum atomic E-state index is 5.38. The van der Waals surface area contributed by atoms with Crippen LogP contribution >= 0.6 is 0 Å². The van der Waals surface area contributed by atoms with Gasteiger partial charge in [-0.2, -0.15) is 0 Å². The fraction of sp³-hybridized carbons (Fsp3) is 0.636. The van der Waals surface area contributed by atoms with Gasteiger partial charge in [0.15, 0.2) is 0 Å². The lowest BCUT2D eigenvalue weighted by molar-refractivity contribution is 0.465. The van der Waals surface area contributed by atoms with E-state index in [0.29, 0.717) is 6.54 Å². The van der Waals surface area contributed by atoms with Crippen LogP contribution in [0.3, 0.4) is 0 Å². The molecular weight excluding hydrogens is 190 g/mol. The highest BCUT2D eigenvalue weighted by Gasteiger charge is 2.05. The number of amidine groups is 1. The van der Waals surface area contributed by atoms with E-state index in [1.165, 1.54) is 19.3 Å². The Hall–Kier alpha value is -1.32. The summed E-state index contributed by atoms with van der Waals surface area (Å²) in [5, 5.41) is 3.28. The largest absolute Gasteiger partial charge is 0.444 e. The summed E-state index contributed by atoms with van der Waals surface area (Å²) < 4.78 is 5.38. The lowest BCUT2D eigenvalue weighted by atomic mass is 10.2. The third-order valence-electron chi connectivity index (χ3n) is 2.49. The van der Waals surface area contributed by atoms with E-state index in [0.717, 1.165) is 30.5 Å². The Morgan fingerprint density at radius 2 is 2.33 bits per heavy atom. The summed E-state index contributed by atoms with van der Waals surface area (Å²) in [5.74, 6) is 2.69. The highest BCUT2D eigenvalue weighted by molar-refractivity contribution is 5.82. The molecule has 0 aromatic carbocycles. The van der Waals surface area contributed by atoms with Crippen molar-refractivity contribution in [2.75, 3.05) is 6.54 Å². The van der Waals surface area contributed by atoms with Gasteiger partial charge >= 0.3 is 0 Å². The Kier molecular flexibility index (Phi) is 3.37. The predicted octanol–water partition coefficient (Wildman–Crippen LogP) is 2.05. The number of aliphatic imine (C=N–C) groups is 1. The van der Waals surface area contributed by atoms with Crippen molar-refractivity contribution in [1.82, 2.24) is 10.3 Å². The van der Waals surface area contributed by atoms with E-state index in [1.54, 1.807) is 6.20 Å². The third-order valence-corrected chi connectivity index (χ3v) is 2.49. The smallest absolute Gasteiger partial charge is 0.213 e. The fourth-order valence-electron chi connectivity index (χ4n) is 1.68. The quantitative estimate of drug-likeness (QED) is 0.807. The van der Waals surface area contributed by atoms with Gasteiger partial charge in [-0.1, -0.05) is 6.42 Å². The second-order valence-corrected chi connectivity index (χ2v) is 3.86. The van der Waals surface area contributed by atoms with Gasteiger partial charge in [0.2, 0.25) is 5.89 Å². The Labute approximate surface area is 89.8 Å². The van der Waals surface area contributed by atoms with Crippen LogP contribution in [0.25, 0.3) is 0 Å². The first-order valence-electron chi connectivity index (χ1n) is 5.53. The predicted molar refractivity (Wildman–Crippen MR) is 58.8 cm³/mol. The average molecular weight is 207 g/mol. The van der Waals surface area contributed by atoms with Crippen molar-refractivity contribution in [3.8, 4) is 0 Å². The summed E-state index contributed by atoms with van der Waals surface area (Å²) in [5.41, 5.74) is 0. The molecule has 0 amide bonds. The molecule has 1 aliphatic rings. The summed E-state index contributed by atoms with van der Waals surface area (Å²) in [6, 6.07) is 0. The average Bonchev–Trinajstić information content (AvgIpc) is 2.52. The Morgan fingerprint density at radius 3 is 3.13 bits per heavy atom. The second-order valence-electron chi connectivity index (χ2n) is 3.86. The first-order valence-corrected chi connectivity index (χ1v) is 5.53. The molecule has 0 unspecified atom stereocenters. The van der Waals surface area contributed by atoms with Crippen molar-refractivity contribution in [2.24, 2.45) is 4.99 Å². The van der Waals surface area contributed by atoms with E-state index in [9.17, 15) is 0 Å². The van der Waals surface area contributed by atoms with E-state index in [4.69, 9.17) is 4.42 Å². The lowest BCUT2D eigenvalue weighted by Gasteiger charge is -2.05. The molecule has 1 aromatic rings. The normalized spacial score (nSPS) is 17.0. The monoisotopic (exact) mass is 207 g/mol. The van der Waals surface area contributed by atoms with Crippen LogP contribution in [0.15, 0.2) is 15.6 Å². The molecule has 82 valence electrons. The van der Waals surface area contributed by atoms with Gasteiger partial charge in [0, 0.05) is 13.0 Å². The summed E-state index contributed by atoms with van der Waals surface area (Å²) >= 11 is 0. The van der Waals surface area contributed by atoms with Crippen LogP contribution in [-0.4, -0.2) is 17.4 Å². The minimum atomic E-state index is 0.646. The van der Waals surface area contributed by atoms with Gasteiger partial charge in [0.25, 0.3) is 0 Å². The van der Waals surface area contributed by atoms with Crippen LogP contribution < -0.4 is 5.32 Å². The molecule has 15 heavy (non-hydrogen) atoms. The molecule has 0 spiro atoms. The van der Waals surface area contributed by atoms with Crippen LogP contribution in [0.2, 0.25) is 0 Å². The highest BCUT2D eigenvalue weighted by atomic mass is 16.4. The molecule has 0 aliphatic carbocycles. The molecule has 4 heteroatoms. The third kappa shape index (κ3) is 3.08. The Balaban J connectivity index is 1.84. The van der Waals surface area contributed by atoms with Crippen LogP contribution in [0.4, 0.5) is 0 Å². The first kappa shape index (κ1) is 10.2. The van der Waals surface area contributed by atoms with E-state index in [-0.39, 0.29) is 0 Å². The number of nitrogens with one attached hydrogen (secondary N) is 1. The van der Waals surface area contributed by atoms with Crippen molar-refractivity contribution >= 4 is 5.84 Å². The number of hydrogen-bond donors (Lipinski definition) is 1. The zero-order valence-electron chi connectivity index (χ0n) is 9.12. The van der Waals surface area contributed by atoms with Crippen LogP contribution in [0.5, 0.6) is 0 Å².